The number of nitrogens with one attached hydrogen (secondary N) is 1. The van der Waals surface area contributed by atoms with Gasteiger partial charge < -0.3 is 19.9 Å². The summed E-state index contributed by atoms with van der Waals surface area (Å²) in [7, 11) is 0. The van der Waals surface area contributed by atoms with Crippen molar-refractivity contribution in [2.45, 2.75) is 12.8 Å². The molecule has 0 atom stereocenters. The molecule has 2 fully saturated rings. The molecule has 4 rings (SSSR count). The Kier molecular flexibility index (Phi) is 4.90. The summed E-state index contributed by atoms with van der Waals surface area (Å²) in [6, 6.07) is 10.2. The van der Waals surface area contributed by atoms with Gasteiger partial charge in [-0.05, 0) is 42.5 Å². The normalized spacial score (nSPS) is 17.8. The molecule has 2 aliphatic rings. The third-order valence-corrected chi connectivity index (χ3v) is 5.66. The van der Waals surface area contributed by atoms with E-state index in [1.54, 1.807) is 0 Å². The van der Waals surface area contributed by atoms with Gasteiger partial charge in [0.25, 0.3) is 5.91 Å². The van der Waals surface area contributed by atoms with Crippen LogP contribution in [0.1, 0.15) is 22.5 Å². The Balaban J connectivity index is 1.63. The van der Waals surface area contributed by atoms with Crippen molar-refractivity contribution in [3.63, 3.8) is 0 Å². The van der Waals surface area contributed by atoms with Crippen LogP contribution in [0.3, 0.4) is 0 Å². The summed E-state index contributed by atoms with van der Waals surface area (Å²) < 4.78 is 5.45. The van der Waals surface area contributed by atoms with E-state index in [1.807, 2.05) is 17.5 Å². The van der Waals surface area contributed by atoms with E-state index in [0.717, 1.165) is 61.3 Å². The first-order valence-corrected chi connectivity index (χ1v) is 9.76. The molecule has 0 aliphatic carbocycles. The van der Waals surface area contributed by atoms with E-state index in [4.69, 9.17) is 4.74 Å². The number of anilines is 3. The molecule has 6 heteroatoms. The second-order valence-electron chi connectivity index (χ2n) is 6.43. The maximum atomic E-state index is 12.6. The van der Waals surface area contributed by atoms with Gasteiger partial charge in [0, 0.05) is 31.9 Å². The van der Waals surface area contributed by atoms with Gasteiger partial charge in [0.05, 0.1) is 29.5 Å². The van der Waals surface area contributed by atoms with E-state index in [0.29, 0.717) is 0 Å². The number of nitrogens with zero attached hydrogens (tertiary/aromatic N) is 2. The Morgan fingerprint density at radius 2 is 1.84 bits per heavy atom. The molecular formula is C19H23N3O2S. The van der Waals surface area contributed by atoms with Crippen LogP contribution in [0.25, 0.3) is 0 Å². The van der Waals surface area contributed by atoms with Crippen molar-refractivity contribution in [1.29, 1.82) is 0 Å². The molecular weight excluding hydrogens is 334 g/mol. The molecule has 1 aromatic carbocycles. The predicted molar refractivity (Wildman–Crippen MR) is 103 cm³/mol. The van der Waals surface area contributed by atoms with Crippen LogP contribution in [-0.2, 0) is 4.74 Å². The average Bonchev–Trinajstić information content (AvgIpc) is 3.36. The molecule has 0 bridgehead atoms. The molecule has 2 aromatic rings. The van der Waals surface area contributed by atoms with Crippen LogP contribution >= 0.6 is 11.3 Å². The fourth-order valence-electron chi connectivity index (χ4n) is 3.47. The van der Waals surface area contributed by atoms with Gasteiger partial charge in [0.1, 0.15) is 0 Å². The smallest absolute Gasteiger partial charge is 0.265 e. The van der Waals surface area contributed by atoms with Crippen LogP contribution in [0.2, 0.25) is 0 Å². The summed E-state index contributed by atoms with van der Waals surface area (Å²) >= 11 is 1.47. The number of hydrogen-bond donors (Lipinski definition) is 1. The number of benzene rings is 1. The quantitative estimate of drug-likeness (QED) is 0.910. The molecule has 5 nitrogen and oxygen atoms in total. The Bertz CT molecular complexity index is 720. The standard InChI is InChI=1S/C19H23N3O2S/c23-19(18-4-3-13-25-18)20-16-14-15(21-9-11-24-12-10-21)5-6-17(16)22-7-1-2-8-22/h3-6,13-14H,1-2,7-12H2,(H,20,23). The van der Waals surface area contributed by atoms with Crippen LogP contribution in [0.5, 0.6) is 0 Å². The highest BCUT2D eigenvalue weighted by Crippen LogP contribution is 2.33. The van der Waals surface area contributed by atoms with Crippen molar-refractivity contribution < 1.29 is 9.53 Å². The van der Waals surface area contributed by atoms with Gasteiger partial charge in [-0.25, -0.2) is 0 Å². The zero-order valence-electron chi connectivity index (χ0n) is 14.2. The van der Waals surface area contributed by atoms with Gasteiger partial charge in [0.15, 0.2) is 0 Å². The fourth-order valence-corrected chi connectivity index (χ4v) is 4.09. The van der Waals surface area contributed by atoms with E-state index >= 15 is 0 Å². The molecule has 0 spiro atoms. The average molecular weight is 357 g/mol. The monoisotopic (exact) mass is 357 g/mol. The van der Waals surface area contributed by atoms with Crippen LogP contribution in [0, 0.1) is 0 Å². The first kappa shape index (κ1) is 16.4. The highest BCUT2D eigenvalue weighted by Gasteiger charge is 2.20. The van der Waals surface area contributed by atoms with Crippen molar-refractivity contribution in [3.05, 3.63) is 40.6 Å². The lowest BCUT2D eigenvalue weighted by Gasteiger charge is -2.30. The largest absolute Gasteiger partial charge is 0.378 e. The van der Waals surface area contributed by atoms with Gasteiger partial charge in [-0.2, -0.15) is 0 Å². The molecule has 132 valence electrons. The van der Waals surface area contributed by atoms with Crippen LogP contribution in [0.15, 0.2) is 35.7 Å². The van der Waals surface area contributed by atoms with Gasteiger partial charge >= 0.3 is 0 Å². The minimum atomic E-state index is -0.0328. The van der Waals surface area contributed by atoms with Crippen molar-refractivity contribution in [2.24, 2.45) is 0 Å². The van der Waals surface area contributed by atoms with Gasteiger partial charge in [0.2, 0.25) is 0 Å². The molecule has 0 unspecified atom stereocenters. The van der Waals surface area contributed by atoms with Gasteiger partial charge in [-0.15, -0.1) is 11.3 Å². The van der Waals surface area contributed by atoms with Crippen molar-refractivity contribution in [1.82, 2.24) is 0 Å². The first-order valence-electron chi connectivity index (χ1n) is 8.88. The summed E-state index contributed by atoms with van der Waals surface area (Å²) in [6.07, 6.45) is 2.42. The van der Waals surface area contributed by atoms with Crippen LogP contribution < -0.4 is 15.1 Å². The highest BCUT2D eigenvalue weighted by molar-refractivity contribution is 7.12. The third-order valence-electron chi connectivity index (χ3n) is 4.80. The van der Waals surface area contributed by atoms with E-state index < -0.39 is 0 Å². The number of carbonyl (C=O) groups excluding carboxylic acids is 1. The number of carbonyl (C=O) groups is 1. The lowest BCUT2D eigenvalue weighted by molar-refractivity contribution is 0.103. The number of hydrogen-bond acceptors (Lipinski definition) is 5. The fraction of sp³-hybridized carbons (Fsp3) is 0.421. The maximum Gasteiger partial charge on any atom is 0.265 e. The van der Waals surface area contributed by atoms with Crippen molar-refractivity contribution in [2.75, 3.05) is 54.5 Å². The summed E-state index contributed by atoms with van der Waals surface area (Å²) in [6.45, 7) is 5.40. The number of morpholine rings is 1. The minimum absolute atomic E-state index is 0.0328. The molecule has 1 N–H and O–H groups in total. The molecule has 1 aromatic heterocycles. The Morgan fingerprint density at radius 3 is 2.56 bits per heavy atom. The van der Waals surface area contributed by atoms with Gasteiger partial charge in [-0.3, -0.25) is 4.79 Å². The molecule has 1 amide bonds. The number of thiophene rings is 1. The van der Waals surface area contributed by atoms with E-state index in [9.17, 15) is 4.79 Å². The molecule has 0 radical (unpaired) electrons. The van der Waals surface area contributed by atoms with E-state index in [1.165, 1.54) is 24.2 Å². The number of amides is 1. The highest BCUT2D eigenvalue weighted by atomic mass is 32.1. The summed E-state index contributed by atoms with van der Waals surface area (Å²) in [5, 5.41) is 5.07. The third kappa shape index (κ3) is 3.65. The zero-order valence-corrected chi connectivity index (χ0v) is 15.1. The van der Waals surface area contributed by atoms with Crippen molar-refractivity contribution in [3.8, 4) is 0 Å². The predicted octanol–water partition coefficient (Wildman–Crippen LogP) is 3.44. The molecule has 2 aliphatic heterocycles. The van der Waals surface area contributed by atoms with Crippen LogP contribution in [0.4, 0.5) is 17.1 Å². The first-order chi connectivity index (χ1) is 12.3. The summed E-state index contributed by atoms with van der Waals surface area (Å²) in [5.74, 6) is -0.0328. The second kappa shape index (κ2) is 7.45. The van der Waals surface area contributed by atoms with Crippen LogP contribution in [-0.4, -0.2) is 45.3 Å². The topological polar surface area (TPSA) is 44.8 Å². The van der Waals surface area contributed by atoms with E-state index in [-0.39, 0.29) is 5.91 Å². The SMILES string of the molecule is O=C(Nc1cc(N2CCOCC2)ccc1N1CCCC1)c1cccs1. The molecule has 25 heavy (non-hydrogen) atoms. The Hall–Kier alpha value is -2.05. The molecule has 2 saturated heterocycles. The summed E-state index contributed by atoms with van der Waals surface area (Å²) in [4.78, 5) is 18.0. The molecule has 3 heterocycles. The van der Waals surface area contributed by atoms with E-state index in [2.05, 4.69) is 33.3 Å². The number of rotatable bonds is 4. The second-order valence-corrected chi connectivity index (χ2v) is 7.37. The maximum absolute atomic E-state index is 12.6. The minimum Gasteiger partial charge on any atom is -0.378 e. The number of ether oxygens (including phenoxy) is 1. The lowest BCUT2D eigenvalue weighted by Crippen LogP contribution is -2.36. The molecule has 0 saturated carbocycles. The Morgan fingerprint density at radius 1 is 1.04 bits per heavy atom. The lowest BCUT2D eigenvalue weighted by atomic mass is 10.2. The van der Waals surface area contributed by atoms with Crippen molar-refractivity contribution >= 4 is 34.3 Å². The zero-order chi connectivity index (χ0) is 17.1. The Labute approximate surface area is 152 Å². The summed E-state index contributed by atoms with van der Waals surface area (Å²) in [5.41, 5.74) is 3.18. The van der Waals surface area contributed by atoms with Gasteiger partial charge in [-0.1, -0.05) is 6.07 Å².